The molecule has 178 valence electrons. The first kappa shape index (κ1) is 24.2. The molecule has 2 aromatic carbocycles. The minimum atomic E-state index is -0.755. The highest BCUT2D eigenvalue weighted by atomic mass is 35.5. The molecular weight excluding hydrogens is 481 g/mol. The van der Waals surface area contributed by atoms with Crippen molar-refractivity contribution >= 4 is 52.2 Å². The summed E-state index contributed by atoms with van der Waals surface area (Å²) < 4.78 is 0. The van der Waals surface area contributed by atoms with Gasteiger partial charge < -0.3 is 10.2 Å². The molecule has 1 N–H and O–H groups in total. The third-order valence-electron chi connectivity index (χ3n) is 7.84. The summed E-state index contributed by atoms with van der Waals surface area (Å²) in [6, 6.07) is 9.96. The average molecular weight is 504 g/mol. The van der Waals surface area contributed by atoms with Gasteiger partial charge in [-0.2, -0.15) is 0 Å². The van der Waals surface area contributed by atoms with Crippen LogP contribution in [0.2, 0.25) is 10.0 Å². The lowest BCUT2D eigenvalue weighted by Gasteiger charge is -2.39. The van der Waals surface area contributed by atoms with E-state index in [0.717, 1.165) is 0 Å². The quantitative estimate of drug-likeness (QED) is 0.293. The summed E-state index contributed by atoms with van der Waals surface area (Å²) in [7, 11) is 0. The van der Waals surface area contributed by atoms with Gasteiger partial charge in [-0.05, 0) is 48.6 Å². The van der Waals surface area contributed by atoms with E-state index in [9.17, 15) is 19.7 Å². The molecule has 0 radical (unpaired) electrons. The smallest absolute Gasteiger partial charge is 0.325 e. The maximum atomic E-state index is 13.6. The van der Waals surface area contributed by atoms with Gasteiger partial charge in [0, 0.05) is 39.7 Å². The molecule has 0 spiro atoms. The molecule has 2 unspecified atom stereocenters. The fourth-order valence-electron chi connectivity index (χ4n) is 5.27. The number of nitro benzene ring substituents is 1. The third-order valence-corrected chi connectivity index (χ3v) is 8.28. The lowest BCUT2D eigenvalue weighted by atomic mass is 9.64. The maximum Gasteiger partial charge on any atom is 0.365 e. The SMILES string of the molecule is CC12CCC(C(=O)Nc3cc(Cl)cc(Cl)c3)(CC1=NOC(=O)c1ccc([N+](=O)[O-])cc1)C2(C)C. The second-order valence-electron chi connectivity index (χ2n) is 9.55. The normalized spacial score (nSPS) is 25.9. The average Bonchev–Trinajstić information content (AvgIpc) is 3.07. The van der Waals surface area contributed by atoms with Crippen LogP contribution >= 0.6 is 23.2 Å². The molecule has 2 bridgehead atoms. The predicted octanol–water partition coefficient (Wildman–Crippen LogP) is 6.27. The second kappa shape index (κ2) is 8.36. The van der Waals surface area contributed by atoms with Crippen molar-refractivity contribution in [3.05, 3.63) is 68.2 Å². The topological polar surface area (TPSA) is 111 Å². The number of halogens is 2. The van der Waals surface area contributed by atoms with Gasteiger partial charge in [-0.1, -0.05) is 49.1 Å². The van der Waals surface area contributed by atoms with Crippen molar-refractivity contribution < 1.29 is 19.3 Å². The summed E-state index contributed by atoms with van der Waals surface area (Å²) in [5, 5.41) is 18.8. The van der Waals surface area contributed by atoms with E-state index >= 15 is 0 Å². The van der Waals surface area contributed by atoms with Crippen LogP contribution in [-0.2, 0) is 9.63 Å². The highest BCUT2D eigenvalue weighted by molar-refractivity contribution is 6.35. The molecule has 8 nitrogen and oxygen atoms in total. The van der Waals surface area contributed by atoms with Gasteiger partial charge in [0.1, 0.15) is 0 Å². The number of fused-ring (bicyclic) bond motifs is 2. The molecule has 2 saturated carbocycles. The Morgan fingerprint density at radius 1 is 1.06 bits per heavy atom. The number of nitro groups is 1. The summed E-state index contributed by atoms with van der Waals surface area (Å²) in [5.41, 5.74) is -0.506. The zero-order valence-corrected chi connectivity index (χ0v) is 20.4. The van der Waals surface area contributed by atoms with E-state index in [0.29, 0.717) is 40.7 Å². The minimum Gasteiger partial charge on any atom is -0.325 e. The number of amides is 1. The van der Waals surface area contributed by atoms with Gasteiger partial charge in [0.15, 0.2) is 0 Å². The molecule has 2 aliphatic carbocycles. The van der Waals surface area contributed by atoms with Crippen molar-refractivity contribution in [1.29, 1.82) is 0 Å². The van der Waals surface area contributed by atoms with Gasteiger partial charge in [-0.15, -0.1) is 0 Å². The molecule has 2 aliphatic rings. The third kappa shape index (κ3) is 3.75. The molecule has 2 atom stereocenters. The highest BCUT2D eigenvalue weighted by Crippen LogP contribution is 2.71. The van der Waals surface area contributed by atoms with E-state index in [2.05, 4.69) is 10.5 Å². The predicted molar refractivity (Wildman–Crippen MR) is 129 cm³/mol. The molecule has 0 aliphatic heterocycles. The van der Waals surface area contributed by atoms with Gasteiger partial charge in [0.2, 0.25) is 5.91 Å². The monoisotopic (exact) mass is 503 g/mol. The number of benzene rings is 2. The van der Waals surface area contributed by atoms with E-state index in [1.165, 1.54) is 24.3 Å². The Labute approximate surface area is 206 Å². The van der Waals surface area contributed by atoms with Gasteiger partial charge in [-0.25, -0.2) is 4.79 Å². The van der Waals surface area contributed by atoms with Crippen LogP contribution in [0, 0.1) is 26.4 Å². The van der Waals surface area contributed by atoms with Crippen molar-refractivity contribution in [3.63, 3.8) is 0 Å². The van der Waals surface area contributed by atoms with Crippen LogP contribution in [0.5, 0.6) is 0 Å². The number of nitrogens with one attached hydrogen (secondary N) is 1. The van der Waals surface area contributed by atoms with E-state index in [4.69, 9.17) is 28.0 Å². The fraction of sp³-hybridized carbons (Fsp3) is 0.375. The largest absolute Gasteiger partial charge is 0.365 e. The summed E-state index contributed by atoms with van der Waals surface area (Å²) >= 11 is 12.2. The maximum absolute atomic E-state index is 13.6. The number of carbonyl (C=O) groups is 2. The number of anilines is 1. The molecule has 34 heavy (non-hydrogen) atoms. The zero-order chi connectivity index (χ0) is 24.9. The Bertz CT molecular complexity index is 1210. The molecule has 0 aromatic heterocycles. The fourth-order valence-corrected chi connectivity index (χ4v) is 5.79. The lowest BCUT2D eigenvalue weighted by molar-refractivity contribution is -0.384. The number of carbonyl (C=O) groups excluding carboxylic acids is 2. The van der Waals surface area contributed by atoms with Crippen LogP contribution < -0.4 is 5.32 Å². The molecule has 2 fully saturated rings. The molecule has 0 heterocycles. The van der Waals surface area contributed by atoms with Crippen LogP contribution in [-0.4, -0.2) is 22.5 Å². The first-order valence-corrected chi connectivity index (χ1v) is 11.5. The molecule has 10 heteroatoms. The van der Waals surface area contributed by atoms with E-state index in [1.807, 2.05) is 20.8 Å². The van der Waals surface area contributed by atoms with E-state index in [-0.39, 0.29) is 17.2 Å². The standard InChI is InChI=1S/C24H23Cl2N3O5/c1-22(2)23(3)8-9-24(22,21(31)27-17-11-15(25)10-16(26)12-17)13-19(23)28-34-20(30)14-4-6-18(7-5-14)29(32)33/h4-7,10-12H,8-9,13H2,1-3H3,(H,27,31). The Morgan fingerprint density at radius 3 is 2.26 bits per heavy atom. The van der Waals surface area contributed by atoms with Gasteiger partial charge >= 0.3 is 5.97 Å². The summed E-state index contributed by atoms with van der Waals surface area (Å²) in [5.74, 6) is -0.884. The van der Waals surface area contributed by atoms with Crippen molar-refractivity contribution in [1.82, 2.24) is 0 Å². The van der Waals surface area contributed by atoms with Crippen LogP contribution in [0.15, 0.2) is 47.6 Å². The Hall–Kier alpha value is -2.97. The number of rotatable bonds is 5. The number of nitrogens with zero attached hydrogens (tertiary/aromatic N) is 2. The Kier molecular flexibility index (Phi) is 5.94. The Morgan fingerprint density at radius 2 is 1.68 bits per heavy atom. The molecular formula is C24H23Cl2N3O5. The number of non-ortho nitro benzene ring substituents is 1. The number of oxime groups is 1. The van der Waals surface area contributed by atoms with Crippen molar-refractivity contribution in [2.45, 2.75) is 40.0 Å². The first-order valence-electron chi connectivity index (χ1n) is 10.7. The molecule has 1 amide bonds. The van der Waals surface area contributed by atoms with Gasteiger partial charge in [0.25, 0.3) is 5.69 Å². The Balaban J connectivity index is 1.57. The van der Waals surface area contributed by atoms with Crippen LogP contribution in [0.25, 0.3) is 0 Å². The number of hydrogen-bond donors (Lipinski definition) is 1. The minimum absolute atomic E-state index is 0.126. The first-order chi connectivity index (χ1) is 15.9. The van der Waals surface area contributed by atoms with Crippen LogP contribution in [0.4, 0.5) is 11.4 Å². The van der Waals surface area contributed by atoms with E-state index < -0.39 is 27.1 Å². The van der Waals surface area contributed by atoms with Crippen LogP contribution in [0.1, 0.15) is 50.4 Å². The van der Waals surface area contributed by atoms with Gasteiger partial charge in [-0.3, -0.25) is 14.9 Å². The highest BCUT2D eigenvalue weighted by Gasteiger charge is 2.71. The summed E-state index contributed by atoms with van der Waals surface area (Å²) in [6.45, 7) is 6.10. The summed E-state index contributed by atoms with van der Waals surface area (Å²) in [6.07, 6.45) is 1.70. The molecule has 0 saturated heterocycles. The van der Waals surface area contributed by atoms with Crippen LogP contribution in [0.3, 0.4) is 0 Å². The van der Waals surface area contributed by atoms with E-state index in [1.54, 1.807) is 18.2 Å². The number of hydrogen-bond acceptors (Lipinski definition) is 6. The van der Waals surface area contributed by atoms with Crippen molar-refractivity contribution in [3.8, 4) is 0 Å². The van der Waals surface area contributed by atoms with Crippen molar-refractivity contribution in [2.75, 3.05) is 5.32 Å². The molecule has 2 aromatic rings. The lowest BCUT2D eigenvalue weighted by Crippen LogP contribution is -2.43. The zero-order valence-electron chi connectivity index (χ0n) is 18.9. The van der Waals surface area contributed by atoms with Crippen molar-refractivity contribution in [2.24, 2.45) is 21.4 Å². The molecule has 4 rings (SSSR count). The summed E-state index contributed by atoms with van der Waals surface area (Å²) in [4.78, 5) is 41.5. The van der Waals surface area contributed by atoms with Gasteiger partial charge in [0.05, 0.1) is 21.6 Å². The second-order valence-corrected chi connectivity index (χ2v) is 10.4.